The van der Waals surface area contributed by atoms with Crippen molar-refractivity contribution in [3.63, 3.8) is 0 Å². The summed E-state index contributed by atoms with van der Waals surface area (Å²) in [5.74, 6) is -1.08. The van der Waals surface area contributed by atoms with Gasteiger partial charge < -0.3 is 5.32 Å². The Morgan fingerprint density at radius 1 is 1.38 bits per heavy atom. The molecule has 118 valence electrons. The zero-order chi connectivity index (χ0) is 15.5. The molecular weight excluding hydrogens is 277 g/mol. The second-order valence-electron chi connectivity index (χ2n) is 6.03. The maximum Gasteiger partial charge on any atom is 0.391 e. The molecule has 1 fully saturated rings. The fourth-order valence-electron chi connectivity index (χ4n) is 3.34. The summed E-state index contributed by atoms with van der Waals surface area (Å²) < 4.78 is 38.8. The molecule has 1 heterocycles. The molecule has 1 saturated carbocycles. The van der Waals surface area contributed by atoms with Crippen LogP contribution >= 0.6 is 0 Å². The Balaban J connectivity index is 2.05. The van der Waals surface area contributed by atoms with Crippen LogP contribution in [0, 0.1) is 18.8 Å². The Kier molecular flexibility index (Phi) is 5.25. The summed E-state index contributed by atoms with van der Waals surface area (Å²) in [6.07, 6.45) is 0.420. The highest BCUT2D eigenvalue weighted by molar-refractivity contribution is 5.18. The van der Waals surface area contributed by atoms with Gasteiger partial charge in [0.25, 0.3) is 0 Å². The predicted molar refractivity (Wildman–Crippen MR) is 77.0 cm³/mol. The summed E-state index contributed by atoms with van der Waals surface area (Å²) in [6, 6.07) is 3.94. The minimum atomic E-state index is -4.06. The largest absolute Gasteiger partial charge is 0.391 e. The molecule has 0 amide bonds. The van der Waals surface area contributed by atoms with E-state index >= 15 is 0 Å². The van der Waals surface area contributed by atoms with Gasteiger partial charge >= 0.3 is 6.18 Å². The lowest BCUT2D eigenvalue weighted by atomic mass is 9.76. The molecule has 1 aliphatic carbocycles. The number of alkyl halides is 3. The number of nitrogens with one attached hydrogen (secondary N) is 1. The molecule has 0 aromatic carbocycles. The first-order valence-corrected chi connectivity index (χ1v) is 7.56. The van der Waals surface area contributed by atoms with Crippen LogP contribution in [0.2, 0.25) is 0 Å². The van der Waals surface area contributed by atoms with Crippen LogP contribution < -0.4 is 5.32 Å². The minimum absolute atomic E-state index is 0.0590. The molecule has 1 N–H and O–H groups in total. The maximum absolute atomic E-state index is 12.9. The van der Waals surface area contributed by atoms with Crippen molar-refractivity contribution in [3.8, 4) is 0 Å². The maximum atomic E-state index is 12.9. The topological polar surface area (TPSA) is 24.9 Å². The van der Waals surface area contributed by atoms with Crippen LogP contribution in [0.5, 0.6) is 0 Å². The highest BCUT2D eigenvalue weighted by atomic mass is 19.4. The molecule has 3 unspecified atom stereocenters. The van der Waals surface area contributed by atoms with Crippen LogP contribution in [0.25, 0.3) is 0 Å². The molecule has 0 saturated heterocycles. The van der Waals surface area contributed by atoms with Gasteiger partial charge in [-0.1, -0.05) is 12.5 Å². The normalized spacial score (nSPS) is 24.8. The van der Waals surface area contributed by atoms with Gasteiger partial charge in [-0.25, -0.2) is 0 Å². The monoisotopic (exact) mass is 300 g/mol. The summed E-state index contributed by atoms with van der Waals surface area (Å²) in [7, 11) is 1.83. The number of halogens is 3. The zero-order valence-corrected chi connectivity index (χ0v) is 12.6. The Bertz CT molecular complexity index is 459. The Morgan fingerprint density at radius 3 is 2.76 bits per heavy atom. The molecular formula is C16H23F3N2. The summed E-state index contributed by atoms with van der Waals surface area (Å²) in [5, 5.41) is 3.21. The van der Waals surface area contributed by atoms with E-state index in [1.807, 2.05) is 26.1 Å². The standard InChI is InChI=1S/C16H23F3N2/c1-11-5-4-8-21-14(11)10-15(20-2)12-6-3-7-13(9-12)16(17,18)19/h4-5,8,12-13,15,20H,3,6-7,9-10H2,1-2H3. The summed E-state index contributed by atoms with van der Waals surface area (Å²) in [6.45, 7) is 1.99. The van der Waals surface area contributed by atoms with E-state index in [0.29, 0.717) is 12.8 Å². The summed E-state index contributed by atoms with van der Waals surface area (Å²) in [4.78, 5) is 4.37. The van der Waals surface area contributed by atoms with Crippen molar-refractivity contribution in [2.24, 2.45) is 11.8 Å². The van der Waals surface area contributed by atoms with Gasteiger partial charge in [-0.05, 0) is 50.8 Å². The predicted octanol–water partition coefficient (Wildman–Crippen LogP) is 3.89. The van der Waals surface area contributed by atoms with Gasteiger partial charge in [0.2, 0.25) is 0 Å². The first kappa shape index (κ1) is 16.3. The van der Waals surface area contributed by atoms with Crippen molar-refractivity contribution in [3.05, 3.63) is 29.6 Å². The molecule has 0 radical (unpaired) electrons. The molecule has 5 heteroatoms. The van der Waals surface area contributed by atoms with Crippen molar-refractivity contribution in [1.82, 2.24) is 10.3 Å². The van der Waals surface area contributed by atoms with E-state index in [1.54, 1.807) is 6.20 Å². The lowest BCUT2D eigenvalue weighted by Crippen LogP contribution is -2.41. The smallest absolute Gasteiger partial charge is 0.316 e. The number of likely N-dealkylation sites (N-methyl/N-ethyl adjacent to an activating group) is 1. The Morgan fingerprint density at radius 2 is 2.14 bits per heavy atom. The van der Waals surface area contributed by atoms with Gasteiger partial charge in [0, 0.05) is 24.4 Å². The molecule has 21 heavy (non-hydrogen) atoms. The van der Waals surface area contributed by atoms with Crippen molar-refractivity contribution in [2.75, 3.05) is 7.05 Å². The molecule has 1 aromatic rings. The van der Waals surface area contributed by atoms with Crippen LogP contribution in [0.3, 0.4) is 0 Å². The SMILES string of the molecule is CNC(Cc1ncccc1C)C1CCCC(C(F)(F)F)C1. The van der Waals surface area contributed by atoms with E-state index in [2.05, 4.69) is 10.3 Å². The average Bonchev–Trinajstić information content (AvgIpc) is 2.46. The summed E-state index contributed by atoms with van der Waals surface area (Å²) in [5.41, 5.74) is 2.08. The first-order chi connectivity index (χ1) is 9.91. The second kappa shape index (κ2) is 6.77. The van der Waals surface area contributed by atoms with E-state index in [-0.39, 0.29) is 24.8 Å². The average molecular weight is 300 g/mol. The van der Waals surface area contributed by atoms with E-state index in [9.17, 15) is 13.2 Å². The number of hydrogen-bond acceptors (Lipinski definition) is 2. The number of pyridine rings is 1. The van der Waals surface area contributed by atoms with E-state index in [0.717, 1.165) is 17.7 Å². The number of hydrogen-bond donors (Lipinski definition) is 1. The van der Waals surface area contributed by atoms with E-state index in [4.69, 9.17) is 0 Å². The highest BCUT2D eigenvalue weighted by Gasteiger charge is 2.43. The molecule has 1 aromatic heterocycles. The molecule has 0 spiro atoms. The van der Waals surface area contributed by atoms with Gasteiger partial charge in [-0.15, -0.1) is 0 Å². The third-order valence-electron chi connectivity index (χ3n) is 4.65. The third kappa shape index (κ3) is 4.19. The third-order valence-corrected chi connectivity index (χ3v) is 4.65. The molecule has 3 atom stereocenters. The Hall–Kier alpha value is -1.10. The molecule has 0 bridgehead atoms. The molecule has 0 aliphatic heterocycles. The zero-order valence-electron chi connectivity index (χ0n) is 12.6. The van der Waals surface area contributed by atoms with Crippen LogP contribution in [0.4, 0.5) is 13.2 Å². The summed E-state index contributed by atoms with van der Waals surface area (Å²) >= 11 is 0. The van der Waals surface area contributed by atoms with E-state index in [1.165, 1.54) is 0 Å². The highest BCUT2D eigenvalue weighted by Crippen LogP contribution is 2.41. The molecule has 2 nitrogen and oxygen atoms in total. The van der Waals surface area contributed by atoms with Gasteiger partial charge in [-0.3, -0.25) is 4.98 Å². The van der Waals surface area contributed by atoms with E-state index < -0.39 is 12.1 Å². The van der Waals surface area contributed by atoms with Crippen LogP contribution in [0.1, 0.15) is 36.9 Å². The van der Waals surface area contributed by atoms with Gasteiger partial charge in [0.05, 0.1) is 5.92 Å². The molecule has 1 aliphatic rings. The van der Waals surface area contributed by atoms with Gasteiger partial charge in [0.15, 0.2) is 0 Å². The Labute approximate surface area is 124 Å². The van der Waals surface area contributed by atoms with Crippen molar-refractivity contribution >= 4 is 0 Å². The number of nitrogens with zero attached hydrogens (tertiary/aromatic N) is 1. The lowest BCUT2D eigenvalue weighted by molar-refractivity contribution is -0.186. The van der Waals surface area contributed by atoms with Crippen molar-refractivity contribution < 1.29 is 13.2 Å². The number of rotatable bonds is 4. The fourth-order valence-corrected chi connectivity index (χ4v) is 3.34. The van der Waals surface area contributed by atoms with Gasteiger partial charge in [-0.2, -0.15) is 13.2 Å². The number of aromatic nitrogens is 1. The quantitative estimate of drug-likeness (QED) is 0.912. The first-order valence-electron chi connectivity index (χ1n) is 7.56. The lowest BCUT2D eigenvalue weighted by Gasteiger charge is -2.35. The van der Waals surface area contributed by atoms with Gasteiger partial charge in [0.1, 0.15) is 0 Å². The van der Waals surface area contributed by atoms with Crippen LogP contribution in [-0.4, -0.2) is 24.2 Å². The number of aryl methyl sites for hydroxylation is 1. The second-order valence-corrected chi connectivity index (χ2v) is 6.03. The molecule has 2 rings (SSSR count). The van der Waals surface area contributed by atoms with Crippen LogP contribution in [0.15, 0.2) is 18.3 Å². The minimum Gasteiger partial charge on any atom is -0.316 e. The fraction of sp³-hybridized carbons (Fsp3) is 0.688. The van der Waals surface area contributed by atoms with Crippen molar-refractivity contribution in [1.29, 1.82) is 0 Å². The van der Waals surface area contributed by atoms with Crippen molar-refractivity contribution in [2.45, 2.75) is 51.2 Å². The van der Waals surface area contributed by atoms with Crippen LogP contribution in [-0.2, 0) is 6.42 Å².